The van der Waals surface area contributed by atoms with Crippen LogP contribution in [0.5, 0.6) is 0 Å². The van der Waals surface area contributed by atoms with E-state index in [0.29, 0.717) is 30.2 Å². The van der Waals surface area contributed by atoms with Crippen LogP contribution in [0, 0.1) is 0 Å². The maximum absolute atomic E-state index is 12.8. The van der Waals surface area contributed by atoms with E-state index < -0.39 is 5.97 Å². The maximum atomic E-state index is 12.8. The van der Waals surface area contributed by atoms with Gasteiger partial charge < -0.3 is 10.2 Å². The average molecular weight is 493 g/mol. The largest absolute Gasteiger partial charge is 0.368 e. The molecule has 0 aromatic heterocycles. The van der Waals surface area contributed by atoms with Gasteiger partial charge in [-0.3, -0.25) is 9.59 Å². The monoisotopic (exact) mass is 492 g/mol. The Morgan fingerprint density at radius 2 is 1.51 bits per heavy atom. The van der Waals surface area contributed by atoms with Gasteiger partial charge in [-0.2, -0.15) is 0 Å². The van der Waals surface area contributed by atoms with Crippen LogP contribution in [-0.4, -0.2) is 16.9 Å². The lowest BCUT2D eigenvalue weighted by Crippen LogP contribution is -2.26. The molecular formula is C29H33ClN2O3. The van der Waals surface area contributed by atoms with Crippen LogP contribution in [0.15, 0.2) is 72.8 Å². The predicted octanol–water partition coefficient (Wildman–Crippen LogP) is 6.48. The lowest BCUT2D eigenvalue weighted by atomic mass is 10.1. The van der Waals surface area contributed by atoms with Crippen molar-refractivity contribution in [2.45, 2.75) is 59.2 Å². The molecule has 0 aliphatic rings. The Kier molecular flexibility index (Phi) is 10.3. The molecule has 0 radical (unpaired) electrons. The van der Waals surface area contributed by atoms with Crippen molar-refractivity contribution in [3.63, 3.8) is 0 Å². The first kappa shape index (κ1) is 26.5. The zero-order chi connectivity index (χ0) is 25.0. The summed E-state index contributed by atoms with van der Waals surface area (Å²) in [5.41, 5.74) is 4.79. The molecule has 0 bridgehead atoms. The number of nitrogens with one attached hydrogen (secondary N) is 1. The molecule has 35 heavy (non-hydrogen) atoms. The number of benzene rings is 3. The minimum Gasteiger partial charge on any atom is -0.368 e. The Bertz CT molecular complexity index is 1100. The number of nitrogens with zero attached hydrogens (tertiary/aromatic N) is 1. The SMILES string of the molecule is CCCCCc1ccc(CNC(=O)c2cccc(CN(Cc3ccc(Cl)cc3)OC(C)=O)c2)cc1. The number of aryl methyl sites for hydroxylation is 1. The Morgan fingerprint density at radius 1 is 0.857 bits per heavy atom. The van der Waals surface area contributed by atoms with Crippen LogP contribution >= 0.6 is 11.6 Å². The van der Waals surface area contributed by atoms with Gasteiger partial charge >= 0.3 is 5.97 Å². The van der Waals surface area contributed by atoms with Gasteiger partial charge in [-0.15, -0.1) is 5.06 Å². The van der Waals surface area contributed by atoms with Gasteiger partial charge in [0, 0.05) is 24.1 Å². The molecule has 0 aliphatic carbocycles. The first-order chi connectivity index (χ1) is 16.9. The zero-order valence-electron chi connectivity index (χ0n) is 20.4. The molecule has 3 aromatic carbocycles. The highest BCUT2D eigenvalue weighted by atomic mass is 35.5. The molecule has 5 nitrogen and oxygen atoms in total. The number of unbranched alkanes of at least 4 members (excludes halogenated alkanes) is 2. The minimum absolute atomic E-state index is 0.143. The normalized spacial score (nSPS) is 10.9. The first-order valence-electron chi connectivity index (χ1n) is 12.1. The molecule has 0 aliphatic heterocycles. The van der Waals surface area contributed by atoms with Crippen molar-refractivity contribution in [2.24, 2.45) is 0 Å². The topological polar surface area (TPSA) is 58.6 Å². The van der Waals surface area contributed by atoms with E-state index >= 15 is 0 Å². The van der Waals surface area contributed by atoms with Crippen LogP contribution < -0.4 is 5.32 Å². The second-order valence-corrected chi connectivity index (χ2v) is 9.10. The number of carbonyl (C=O) groups is 2. The van der Waals surface area contributed by atoms with E-state index in [-0.39, 0.29) is 5.91 Å². The molecular weight excluding hydrogens is 460 g/mol. The summed E-state index contributed by atoms with van der Waals surface area (Å²) in [5.74, 6) is -0.542. The molecule has 0 saturated carbocycles. The van der Waals surface area contributed by atoms with Gasteiger partial charge in [0.2, 0.25) is 0 Å². The van der Waals surface area contributed by atoms with Crippen molar-refractivity contribution in [1.29, 1.82) is 0 Å². The van der Waals surface area contributed by atoms with E-state index in [1.165, 1.54) is 31.7 Å². The average Bonchev–Trinajstić information content (AvgIpc) is 2.84. The fraction of sp³-hybridized carbons (Fsp3) is 0.310. The summed E-state index contributed by atoms with van der Waals surface area (Å²) in [6.07, 6.45) is 4.76. The van der Waals surface area contributed by atoms with Crippen molar-refractivity contribution >= 4 is 23.5 Å². The van der Waals surface area contributed by atoms with E-state index in [9.17, 15) is 9.59 Å². The Balaban J connectivity index is 1.58. The van der Waals surface area contributed by atoms with Crippen LogP contribution in [0.1, 0.15) is 65.7 Å². The molecule has 1 amide bonds. The van der Waals surface area contributed by atoms with Gasteiger partial charge in [-0.25, -0.2) is 0 Å². The molecule has 0 unspecified atom stereocenters. The number of amides is 1. The molecule has 0 saturated heterocycles. The van der Waals surface area contributed by atoms with Gasteiger partial charge in [0.25, 0.3) is 5.91 Å². The molecule has 3 aromatic rings. The van der Waals surface area contributed by atoms with Crippen LogP contribution in [-0.2, 0) is 35.7 Å². The highest BCUT2D eigenvalue weighted by molar-refractivity contribution is 6.30. The molecule has 0 spiro atoms. The van der Waals surface area contributed by atoms with Crippen LogP contribution in [0.2, 0.25) is 5.02 Å². The van der Waals surface area contributed by atoms with Crippen molar-refractivity contribution in [3.8, 4) is 0 Å². The Labute approximate surface area is 213 Å². The third kappa shape index (κ3) is 9.19. The van der Waals surface area contributed by atoms with Gasteiger partial charge in [-0.05, 0) is 59.4 Å². The highest BCUT2D eigenvalue weighted by Crippen LogP contribution is 2.16. The predicted molar refractivity (Wildman–Crippen MR) is 140 cm³/mol. The summed E-state index contributed by atoms with van der Waals surface area (Å²) in [5, 5.41) is 5.22. The van der Waals surface area contributed by atoms with Crippen molar-refractivity contribution < 1.29 is 14.4 Å². The molecule has 3 rings (SSSR count). The fourth-order valence-electron chi connectivity index (χ4n) is 3.80. The summed E-state index contributed by atoms with van der Waals surface area (Å²) in [4.78, 5) is 29.8. The summed E-state index contributed by atoms with van der Waals surface area (Å²) < 4.78 is 0. The number of halogens is 1. The Hall–Kier alpha value is -3.15. The molecule has 0 fully saturated rings. The third-order valence-electron chi connectivity index (χ3n) is 5.62. The van der Waals surface area contributed by atoms with Crippen LogP contribution in [0.3, 0.4) is 0 Å². The summed E-state index contributed by atoms with van der Waals surface area (Å²) in [6.45, 7) is 4.80. The molecule has 0 heterocycles. The second-order valence-electron chi connectivity index (χ2n) is 8.66. The smallest absolute Gasteiger partial charge is 0.322 e. The minimum atomic E-state index is -0.399. The molecule has 184 valence electrons. The molecule has 0 atom stereocenters. The van der Waals surface area contributed by atoms with E-state index in [0.717, 1.165) is 23.1 Å². The fourth-order valence-corrected chi connectivity index (χ4v) is 3.92. The maximum Gasteiger partial charge on any atom is 0.322 e. The third-order valence-corrected chi connectivity index (χ3v) is 5.87. The second kappa shape index (κ2) is 13.7. The highest BCUT2D eigenvalue weighted by Gasteiger charge is 2.13. The summed E-state index contributed by atoms with van der Waals surface area (Å²) >= 11 is 5.97. The number of hydroxylamine groups is 2. The number of rotatable bonds is 12. The van der Waals surface area contributed by atoms with Gasteiger partial charge in [-0.1, -0.05) is 79.9 Å². The van der Waals surface area contributed by atoms with Crippen LogP contribution in [0.4, 0.5) is 0 Å². The Morgan fingerprint density at radius 3 is 2.20 bits per heavy atom. The molecule has 1 N–H and O–H groups in total. The van der Waals surface area contributed by atoms with E-state index in [1.807, 2.05) is 30.3 Å². The van der Waals surface area contributed by atoms with E-state index in [2.05, 4.69) is 36.5 Å². The lowest BCUT2D eigenvalue weighted by molar-refractivity contribution is -0.194. The van der Waals surface area contributed by atoms with Crippen molar-refractivity contribution in [2.75, 3.05) is 0 Å². The quantitative estimate of drug-likeness (QED) is 0.232. The van der Waals surface area contributed by atoms with Crippen LogP contribution in [0.25, 0.3) is 0 Å². The van der Waals surface area contributed by atoms with Gasteiger partial charge in [0.05, 0.1) is 13.1 Å². The van der Waals surface area contributed by atoms with E-state index in [4.69, 9.17) is 16.4 Å². The van der Waals surface area contributed by atoms with Crippen molar-refractivity contribution in [3.05, 3.63) is 106 Å². The van der Waals surface area contributed by atoms with Gasteiger partial charge in [0.15, 0.2) is 0 Å². The summed E-state index contributed by atoms with van der Waals surface area (Å²) in [6, 6.07) is 23.2. The first-order valence-corrected chi connectivity index (χ1v) is 12.4. The number of carbonyl (C=O) groups excluding carboxylic acids is 2. The van der Waals surface area contributed by atoms with Gasteiger partial charge in [0.1, 0.15) is 0 Å². The zero-order valence-corrected chi connectivity index (χ0v) is 21.2. The number of hydrogen-bond acceptors (Lipinski definition) is 4. The lowest BCUT2D eigenvalue weighted by Gasteiger charge is -2.21. The molecule has 6 heteroatoms. The summed E-state index contributed by atoms with van der Waals surface area (Å²) in [7, 11) is 0. The number of hydrogen-bond donors (Lipinski definition) is 1. The van der Waals surface area contributed by atoms with E-state index in [1.54, 1.807) is 23.3 Å². The standard InChI is InChI=1S/C29H33ClN2O3/c1-3-4-5-7-23-10-12-24(13-11-23)19-31-29(34)27-9-6-8-26(18-27)21-32(35-22(2)33)20-25-14-16-28(30)17-15-25/h6,8-18H,3-5,7,19-21H2,1-2H3,(H,31,34). The van der Waals surface area contributed by atoms with Crippen molar-refractivity contribution in [1.82, 2.24) is 10.4 Å².